The second-order valence-corrected chi connectivity index (χ2v) is 7.37. The summed E-state index contributed by atoms with van der Waals surface area (Å²) >= 11 is 0. The van der Waals surface area contributed by atoms with Crippen molar-refractivity contribution in [1.82, 2.24) is 25.4 Å². The predicted octanol–water partition coefficient (Wildman–Crippen LogP) is 2.43. The average Bonchev–Trinajstić information content (AvgIpc) is 3.22. The second kappa shape index (κ2) is 5.18. The highest BCUT2D eigenvalue weighted by atomic mass is 16.5. The van der Waals surface area contributed by atoms with Crippen molar-refractivity contribution in [3.05, 3.63) is 17.3 Å². The van der Waals surface area contributed by atoms with Crippen LogP contribution in [0.15, 0.2) is 4.52 Å². The monoisotopic (exact) mass is 315 g/mol. The van der Waals surface area contributed by atoms with Crippen molar-refractivity contribution in [1.29, 1.82) is 0 Å². The number of hydrogen-bond donors (Lipinski definition) is 2. The largest absolute Gasteiger partial charge is 0.350 e. The molecule has 2 N–H and O–H groups in total. The number of aromatic nitrogens is 4. The third-order valence-corrected chi connectivity index (χ3v) is 4.73. The Hall–Kier alpha value is -2.18. The van der Waals surface area contributed by atoms with Crippen LogP contribution in [0.3, 0.4) is 0 Å². The maximum Gasteiger partial charge on any atom is 0.271 e. The molecule has 2 aliphatic rings. The molecule has 2 aromatic heterocycles. The van der Waals surface area contributed by atoms with Crippen LogP contribution in [0, 0.1) is 5.41 Å². The van der Waals surface area contributed by atoms with Crippen molar-refractivity contribution in [2.24, 2.45) is 5.41 Å². The van der Waals surface area contributed by atoms with Crippen molar-refractivity contribution in [3.63, 3.8) is 0 Å². The average molecular weight is 315 g/mol. The van der Waals surface area contributed by atoms with Crippen LogP contribution in [-0.4, -0.2) is 32.6 Å². The fourth-order valence-electron chi connectivity index (χ4n) is 3.45. The normalized spacial score (nSPS) is 21.0. The van der Waals surface area contributed by atoms with Gasteiger partial charge in [-0.05, 0) is 24.7 Å². The van der Waals surface area contributed by atoms with Crippen LogP contribution >= 0.6 is 0 Å². The van der Waals surface area contributed by atoms with Crippen LogP contribution in [0.25, 0.3) is 11.6 Å². The van der Waals surface area contributed by atoms with Gasteiger partial charge in [-0.25, -0.2) is 4.98 Å². The maximum absolute atomic E-state index is 12.2. The van der Waals surface area contributed by atoms with E-state index in [4.69, 9.17) is 4.52 Å². The summed E-state index contributed by atoms with van der Waals surface area (Å²) < 4.78 is 5.41. The molecule has 1 aliphatic carbocycles. The highest BCUT2D eigenvalue weighted by Gasteiger charge is 2.31. The van der Waals surface area contributed by atoms with Crippen LogP contribution in [0.5, 0.6) is 0 Å². The molecule has 0 saturated heterocycles. The first-order chi connectivity index (χ1) is 11.0. The minimum atomic E-state index is -0.146. The van der Waals surface area contributed by atoms with Crippen molar-refractivity contribution in [2.75, 3.05) is 6.54 Å². The van der Waals surface area contributed by atoms with Gasteiger partial charge >= 0.3 is 0 Å². The van der Waals surface area contributed by atoms with Crippen LogP contribution < -0.4 is 5.32 Å². The first-order valence-corrected chi connectivity index (χ1v) is 8.23. The first kappa shape index (κ1) is 14.4. The molecule has 0 aromatic carbocycles. The van der Waals surface area contributed by atoms with Gasteiger partial charge < -0.3 is 14.8 Å². The Morgan fingerprint density at radius 2 is 2.00 bits per heavy atom. The van der Waals surface area contributed by atoms with Gasteiger partial charge in [-0.2, -0.15) is 4.98 Å². The standard InChI is InChI=1S/C16H21N5O2/c1-16(2)7-10-11(14(22)17-8-16)19-12(18-10)13-20-15(23-21-13)9-5-3-4-6-9/h9H,3-8H2,1-2H3,(H,17,22)(H,18,19). The number of rotatable bonds is 2. The number of amides is 1. The van der Waals surface area contributed by atoms with Crippen LogP contribution in [0.2, 0.25) is 0 Å². The Morgan fingerprint density at radius 3 is 2.78 bits per heavy atom. The molecular formula is C16H21N5O2. The lowest BCUT2D eigenvalue weighted by atomic mass is 9.88. The lowest BCUT2D eigenvalue weighted by Crippen LogP contribution is -2.32. The third-order valence-electron chi connectivity index (χ3n) is 4.73. The van der Waals surface area contributed by atoms with Crippen LogP contribution in [0.1, 0.15) is 67.5 Å². The van der Waals surface area contributed by atoms with Gasteiger partial charge in [-0.15, -0.1) is 0 Å². The maximum atomic E-state index is 12.2. The quantitative estimate of drug-likeness (QED) is 0.887. The smallest absolute Gasteiger partial charge is 0.271 e. The summed E-state index contributed by atoms with van der Waals surface area (Å²) in [6.45, 7) is 4.88. The lowest BCUT2D eigenvalue weighted by Gasteiger charge is -2.21. The number of carbonyl (C=O) groups excluding carboxylic acids is 1. The van der Waals surface area contributed by atoms with Crippen molar-refractivity contribution >= 4 is 5.91 Å². The zero-order valence-corrected chi connectivity index (χ0v) is 13.5. The molecule has 0 radical (unpaired) electrons. The Kier molecular flexibility index (Phi) is 3.25. The van der Waals surface area contributed by atoms with Gasteiger partial charge in [0, 0.05) is 18.2 Å². The molecule has 0 unspecified atom stereocenters. The zero-order chi connectivity index (χ0) is 16.0. The summed E-state index contributed by atoms with van der Waals surface area (Å²) in [5.41, 5.74) is 1.27. The summed E-state index contributed by atoms with van der Waals surface area (Å²) in [6, 6.07) is 0. The zero-order valence-electron chi connectivity index (χ0n) is 13.5. The molecule has 4 rings (SSSR count). The number of aromatic amines is 1. The third kappa shape index (κ3) is 2.64. The van der Waals surface area contributed by atoms with E-state index in [2.05, 4.69) is 39.3 Å². The van der Waals surface area contributed by atoms with Crippen molar-refractivity contribution in [3.8, 4) is 11.6 Å². The van der Waals surface area contributed by atoms with E-state index in [1.807, 2.05) is 0 Å². The molecule has 0 atom stereocenters. The fraction of sp³-hybridized carbons (Fsp3) is 0.625. The Labute approximate surface area is 134 Å². The van der Waals surface area contributed by atoms with Crippen molar-refractivity contribution in [2.45, 2.75) is 51.9 Å². The molecular weight excluding hydrogens is 294 g/mol. The molecule has 1 aliphatic heterocycles. The van der Waals surface area contributed by atoms with Gasteiger partial charge in [0.1, 0.15) is 5.69 Å². The molecule has 2 aromatic rings. The molecule has 3 heterocycles. The summed E-state index contributed by atoms with van der Waals surface area (Å²) in [7, 11) is 0. The molecule has 1 saturated carbocycles. The summed E-state index contributed by atoms with van der Waals surface area (Å²) in [6.07, 6.45) is 5.39. The van der Waals surface area contributed by atoms with Gasteiger partial charge in [-0.1, -0.05) is 31.8 Å². The highest BCUT2D eigenvalue weighted by Crippen LogP contribution is 2.34. The van der Waals surface area contributed by atoms with Gasteiger partial charge in [-0.3, -0.25) is 4.79 Å². The van der Waals surface area contributed by atoms with E-state index in [9.17, 15) is 4.79 Å². The van der Waals surface area contributed by atoms with Gasteiger partial charge in [0.05, 0.1) is 0 Å². The number of nitrogens with zero attached hydrogens (tertiary/aromatic N) is 3. The van der Waals surface area contributed by atoms with E-state index < -0.39 is 0 Å². The van der Waals surface area contributed by atoms with E-state index >= 15 is 0 Å². The summed E-state index contributed by atoms with van der Waals surface area (Å²) in [4.78, 5) is 24.3. The van der Waals surface area contributed by atoms with Gasteiger partial charge in [0.25, 0.3) is 5.91 Å². The molecule has 0 bridgehead atoms. The minimum Gasteiger partial charge on any atom is -0.350 e. The molecule has 1 fully saturated rings. The number of imidazole rings is 1. The molecule has 0 spiro atoms. The molecule has 1 amide bonds. The molecule has 23 heavy (non-hydrogen) atoms. The second-order valence-electron chi connectivity index (χ2n) is 7.37. The molecule has 122 valence electrons. The number of nitrogens with one attached hydrogen (secondary N) is 2. The number of carbonyl (C=O) groups is 1. The predicted molar refractivity (Wildman–Crippen MR) is 82.9 cm³/mol. The summed E-state index contributed by atoms with van der Waals surface area (Å²) in [5, 5.41) is 6.97. The molecule has 7 heteroatoms. The van der Waals surface area contributed by atoms with E-state index in [0.717, 1.165) is 25.0 Å². The fourth-order valence-corrected chi connectivity index (χ4v) is 3.45. The van der Waals surface area contributed by atoms with E-state index in [1.54, 1.807) is 0 Å². The molecule has 7 nitrogen and oxygen atoms in total. The lowest BCUT2D eigenvalue weighted by molar-refractivity contribution is 0.0940. The number of fused-ring (bicyclic) bond motifs is 1. The number of H-pyrrole nitrogens is 1. The highest BCUT2D eigenvalue weighted by molar-refractivity contribution is 5.94. The minimum absolute atomic E-state index is 0.0169. The van der Waals surface area contributed by atoms with E-state index in [0.29, 0.717) is 35.7 Å². The SMILES string of the molecule is CC1(C)CNC(=O)c2nc(-c3noc(C4CCCC4)n3)[nH]c2C1. The number of hydrogen-bond acceptors (Lipinski definition) is 5. The Morgan fingerprint density at radius 1 is 1.22 bits per heavy atom. The Balaban J connectivity index is 1.66. The van der Waals surface area contributed by atoms with E-state index in [-0.39, 0.29) is 11.3 Å². The van der Waals surface area contributed by atoms with Crippen LogP contribution in [0.4, 0.5) is 0 Å². The first-order valence-electron chi connectivity index (χ1n) is 8.23. The van der Waals surface area contributed by atoms with Gasteiger partial charge in [0.15, 0.2) is 5.82 Å². The van der Waals surface area contributed by atoms with Crippen LogP contribution in [-0.2, 0) is 6.42 Å². The summed E-state index contributed by atoms with van der Waals surface area (Å²) in [5.74, 6) is 1.86. The Bertz CT molecular complexity index is 739. The van der Waals surface area contributed by atoms with Gasteiger partial charge in [0.2, 0.25) is 11.7 Å². The topological polar surface area (TPSA) is 96.7 Å². The van der Waals surface area contributed by atoms with E-state index in [1.165, 1.54) is 12.8 Å². The van der Waals surface area contributed by atoms with Crippen molar-refractivity contribution < 1.29 is 9.32 Å².